The third kappa shape index (κ3) is 2.09. The molecular weight excluding hydrogens is 220 g/mol. The van der Waals surface area contributed by atoms with Gasteiger partial charge in [-0.15, -0.1) is 11.3 Å². The Balaban J connectivity index is 2.40. The van der Waals surface area contributed by atoms with Gasteiger partial charge in [-0.2, -0.15) is 0 Å². The first kappa shape index (κ1) is 11.1. The minimum atomic E-state index is -0.731. The quantitative estimate of drug-likeness (QED) is 0.882. The minimum absolute atomic E-state index is 0.326. The highest BCUT2D eigenvalue weighted by Crippen LogP contribution is 2.29. The van der Waals surface area contributed by atoms with Crippen LogP contribution in [0.3, 0.4) is 0 Å². The van der Waals surface area contributed by atoms with E-state index in [1.165, 1.54) is 15.0 Å². The fourth-order valence-corrected chi connectivity index (χ4v) is 2.87. The molecule has 84 valence electrons. The standard InChI is InChI=1S/C13H14O2S/c1-8(13(14)15)6-10-4-3-5-11-7-9(2)16-12(10)11/h3-5,7-8H,6H2,1-2H3,(H,14,15). The number of fused-ring (bicyclic) bond motifs is 1. The van der Waals surface area contributed by atoms with Gasteiger partial charge in [0.25, 0.3) is 0 Å². The van der Waals surface area contributed by atoms with Gasteiger partial charge in [0.15, 0.2) is 0 Å². The van der Waals surface area contributed by atoms with Crippen LogP contribution in [0.2, 0.25) is 0 Å². The maximum absolute atomic E-state index is 10.8. The van der Waals surface area contributed by atoms with E-state index in [1.54, 1.807) is 18.3 Å². The highest BCUT2D eigenvalue weighted by molar-refractivity contribution is 7.19. The van der Waals surface area contributed by atoms with Crippen molar-refractivity contribution in [3.63, 3.8) is 0 Å². The lowest BCUT2D eigenvalue weighted by Crippen LogP contribution is -2.12. The lowest BCUT2D eigenvalue weighted by molar-refractivity contribution is -0.141. The van der Waals surface area contributed by atoms with Gasteiger partial charge in [-0.3, -0.25) is 4.79 Å². The zero-order valence-electron chi connectivity index (χ0n) is 9.36. The van der Waals surface area contributed by atoms with Gasteiger partial charge in [0.05, 0.1) is 5.92 Å². The Hall–Kier alpha value is -1.35. The van der Waals surface area contributed by atoms with E-state index in [2.05, 4.69) is 19.1 Å². The molecule has 0 saturated carbocycles. The van der Waals surface area contributed by atoms with Crippen LogP contribution in [0, 0.1) is 12.8 Å². The lowest BCUT2D eigenvalue weighted by atomic mass is 10.0. The third-order valence-corrected chi connectivity index (χ3v) is 3.84. The SMILES string of the molecule is Cc1cc2cccc(CC(C)C(=O)O)c2s1. The number of carboxylic acids is 1. The van der Waals surface area contributed by atoms with E-state index in [4.69, 9.17) is 5.11 Å². The van der Waals surface area contributed by atoms with Crippen LogP contribution in [0.4, 0.5) is 0 Å². The van der Waals surface area contributed by atoms with Crippen LogP contribution in [0.5, 0.6) is 0 Å². The normalized spacial score (nSPS) is 12.9. The van der Waals surface area contributed by atoms with E-state index in [1.807, 2.05) is 12.1 Å². The number of thiophene rings is 1. The predicted molar refractivity (Wildman–Crippen MR) is 67.1 cm³/mol. The van der Waals surface area contributed by atoms with Crippen molar-refractivity contribution in [3.8, 4) is 0 Å². The Labute approximate surface area is 98.5 Å². The monoisotopic (exact) mass is 234 g/mol. The largest absolute Gasteiger partial charge is 0.481 e. The highest BCUT2D eigenvalue weighted by atomic mass is 32.1. The summed E-state index contributed by atoms with van der Waals surface area (Å²) in [6.07, 6.45) is 0.604. The zero-order valence-corrected chi connectivity index (χ0v) is 10.2. The van der Waals surface area contributed by atoms with Crippen LogP contribution in [-0.2, 0) is 11.2 Å². The summed E-state index contributed by atoms with van der Waals surface area (Å²) in [5.74, 6) is -1.06. The highest BCUT2D eigenvalue weighted by Gasteiger charge is 2.14. The molecule has 1 unspecified atom stereocenters. The molecule has 1 aromatic heterocycles. The zero-order chi connectivity index (χ0) is 11.7. The van der Waals surface area contributed by atoms with Crippen LogP contribution in [0.1, 0.15) is 17.4 Å². The molecule has 1 atom stereocenters. The first-order valence-corrected chi connectivity index (χ1v) is 6.10. The van der Waals surface area contributed by atoms with Crippen molar-refractivity contribution in [1.82, 2.24) is 0 Å². The summed E-state index contributed by atoms with van der Waals surface area (Å²) in [5.41, 5.74) is 1.14. The van der Waals surface area contributed by atoms with Crippen LogP contribution in [0.15, 0.2) is 24.3 Å². The molecule has 2 rings (SSSR count). The topological polar surface area (TPSA) is 37.3 Å². The summed E-state index contributed by atoms with van der Waals surface area (Å²) < 4.78 is 1.23. The molecule has 0 aliphatic heterocycles. The van der Waals surface area contributed by atoms with Gasteiger partial charge in [-0.25, -0.2) is 0 Å². The number of carbonyl (C=O) groups is 1. The van der Waals surface area contributed by atoms with Gasteiger partial charge in [-0.1, -0.05) is 25.1 Å². The number of carboxylic acid groups (broad SMARTS) is 1. The molecule has 0 aliphatic carbocycles. The summed E-state index contributed by atoms with van der Waals surface area (Å²) in [7, 11) is 0. The van der Waals surface area contributed by atoms with Crippen molar-refractivity contribution in [3.05, 3.63) is 34.7 Å². The Morgan fingerprint density at radius 2 is 2.25 bits per heavy atom. The second-order valence-electron chi connectivity index (χ2n) is 4.14. The van der Waals surface area contributed by atoms with E-state index in [0.29, 0.717) is 6.42 Å². The molecule has 1 N–H and O–H groups in total. The molecule has 0 radical (unpaired) electrons. The average Bonchev–Trinajstić information content (AvgIpc) is 2.59. The summed E-state index contributed by atoms with van der Waals surface area (Å²) in [6, 6.07) is 8.25. The van der Waals surface area contributed by atoms with Gasteiger partial charge in [-0.05, 0) is 30.4 Å². The number of hydrogen-bond donors (Lipinski definition) is 1. The maximum Gasteiger partial charge on any atom is 0.306 e. The molecule has 3 heteroatoms. The van der Waals surface area contributed by atoms with E-state index in [9.17, 15) is 4.79 Å². The average molecular weight is 234 g/mol. The molecular formula is C13H14O2S. The first-order valence-electron chi connectivity index (χ1n) is 5.29. The van der Waals surface area contributed by atoms with Crippen LogP contribution >= 0.6 is 11.3 Å². The molecule has 0 bridgehead atoms. The van der Waals surface area contributed by atoms with Gasteiger partial charge in [0.1, 0.15) is 0 Å². The van der Waals surface area contributed by atoms with Crippen molar-refractivity contribution in [2.75, 3.05) is 0 Å². The van der Waals surface area contributed by atoms with Crippen molar-refractivity contribution < 1.29 is 9.90 Å². The minimum Gasteiger partial charge on any atom is -0.481 e. The second kappa shape index (κ2) is 4.26. The van der Waals surface area contributed by atoms with Gasteiger partial charge in [0, 0.05) is 9.58 Å². The van der Waals surface area contributed by atoms with Crippen molar-refractivity contribution >= 4 is 27.4 Å². The Morgan fingerprint density at radius 1 is 1.50 bits per heavy atom. The molecule has 0 spiro atoms. The van der Waals surface area contributed by atoms with Crippen molar-refractivity contribution in [1.29, 1.82) is 0 Å². The van der Waals surface area contributed by atoms with Gasteiger partial charge >= 0.3 is 5.97 Å². The second-order valence-corrected chi connectivity index (χ2v) is 5.39. The Morgan fingerprint density at radius 3 is 2.94 bits per heavy atom. The third-order valence-electron chi connectivity index (χ3n) is 2.70. The molecule has 1 heterocycles. The number of benzene rings is 1. The fraction of sp³-hybridized carbons (Fsp3) is 0.308. The smallest absolute Gasteiger partial charge is 0.306 e. The summed E-state index contributed by atoms with van der Waals surface area (Å²) in [6.45, 7) is 3.83. The van der Waals surface area contributed by atoms with E-state index in [-0.39, 0.29) is 5.92 Å². The molecule has 1 aromatic carbocycles. The Bertz CT molecular complexity index is 528. The van der Waals surface area contributed by atoms with Crippen LogP contribution in [0.25, 0.3) is 10.1 Å². The molecule has 2 nitrogen and oxygen atoms in total. The molecule has 0 saturated heterocycles. The summed E-state index contributed by atoms with van der Waals surface area (Å²) >= 11 is 1.74. The van der Waals surface area contributed by atoms with Crippen molar-refractivity contribution in [2.45, 2.75) is 20.3 Å². The fourth-order valence-electron chi connectivity index (χ4n) is 1.83. The molecule has 2 aromatic rings. The predicted octanol–water partition coefficient (Wildman–Crippen LogP) is 3.47. The molecule has 0 amide bonds. The summed E-state index contributed by atoms with van der Waals surface area (Å²) in [4.78, 5) is 12.1. The van der Waals surface area contributed by atoms with Crippen LogP contribution in [-0.4, -0.2) is 11.1 Å². The van der Waals surface area contributed by atoms with Crippen molar-refractivity contribution in [2.24, 2.45) is 5.92 Å². The molecule has 0 fully saturated rings. The van der Waals surface area contributed by atoms with E-state index < -0.39 is 5.97 Å². The maximum atomic E-state index is 10.8. The lowest BCUT2D eigenvalue weighted by Gasteiger charge is -2.06. The van der Waals surface area contributed by atoms with E-state index in [0.717, 1.165) is 5.56 Å². The number of aryl methyl sites for hydroxylation is 1. The van der Waals surface area contributed by atoms with E-state index >= 15 is 0 Å². The summed E-state index contributed by atoms with van der Waals surface area (Å²) in [5, 5.41) is 10.1. The molecule has 16 heavy (non-hydrogen) atoms. The Kier molecular flexibility index (Phi) is 2.97. The van der Waals surface area contributed by atoms with Crippen LogP contribution < -0.4 is 0 Å². The number of rotatable bonds is 3. The first-order chi connectivity index (χ1) is 7.58. The van der Waals surface area contributed by atoms with Gasteiger partial charge in [0.2, 0.25) is 0 Å². The molecule has 0 aliphatic rings. The number of hydrogen-bond acceptors (Lipinski definition) is 2. The van der Waals surface area contributed by atoms with Gasteiger partial charge < -0.3 is 5.11 Å². The number of aliphatic carboxylic acids is 1.